The van der Waals surface area contributed by atoms with Crippen molar-refractivity contribution < 1.29 is 9.32 Å². The predicted octanol–water partition coefficient (Wildman–Crippen LogP) is 2.28. The second-order valence-corrected chi connectivity index (χ2v) is 5.42. The molecule has 1 aromatic heterocycles. The Morgan fingerprint density at radius 3 is 3.06 bits per heavy atom. The molecule has 0 bridgehead atoms. The lowest BCUT2D eigenvalue weighted by atomic mass is 10.1. The minimum absolute atomic E-state index is 0.150. The standard InChI is InChI=1S/C11H15BrN2O2/c1-7-5-10(14-16-7)11(15)13-6-8-3-2-4-9(8)12/h5,8-9H,2-4,6H2,1H3,(H,13,15). The van der Waals surface area contributed by atoms with Gasteiger partial charge in [0.25, 0.3) is 5.91 Å². The molecule has 1 amide bonds. The first-order valence-electron chi connectivity index (χ1n) is 5.52. The average Bonchev–Trinajstić information content (AvgIpc) is 2.84. The topological polar surface area (TPSA) is 55.1 Å². The van der Waals surface area contributed by atoms with Crippen molar-refractivity contribution in [2.24, 2.45) is 5.92 Å². The molecule has 1 N–H and O–H groups in total. The average molecular weight is 287 g/mol. The molecule has 2 atom stereocenters. The number of alkyl halides is 1. The Morgan fingerprint density at radius 1 is 1.69 bits per heavy atom. The zero-order valence-electron chi connectivity index (χ0n) is 9.20. The fourth-order valence-electron chi connectivity index (χ4n) is 2.01. The van der Waals surface area contributed by atoms with Crippen molar-refractivity contribution in [3.63, 3.8) is 0 Å². The highest BCUT2D eigenvalue weighted by Crippen LogP contribution is 2.30. The van der Waals surface area contributed by atoms with Crippen LogP contribution in [0.4, 0.5) is 0 Å². The van der Waals surface area contributed by atoms with Crippen molar-refractivity contribution in [2.45, 2.75) is 31.0 Å². The van der Waals surface area contributed by atoms with Gasteiger partial charge in [0.05, 0.1) is 0 Å². The molecule has 2 unspecified atom stereocenters. The Labute approximate surface area is 103 Å². The van der Waals surface area contributed by atoms with Crippen molar-refractivity contribution >= 4 is 21.8 Å². The number of aromatic nitrogens is 1. The number of carbonyl (C=O) groups excluding carboxylic acids is 1. The molecule has 0 aliphatic heterocycles. The molecule has 1 aliphatic carbocycles. The van der Waals surface area contributed by atoms with Gasteiger partial charge in [0.2, 0.25) is 0 Å². The first-order chi connectivity index (χ1) is 7.66. The molecule has 1 aromatic rings. The maximum atomic E-state index is 11.7. The first kappa shape index (κ1) is 11.6. The van der Waals surface area contributed by atoms with Crippen LogP contribution in [0.25, 0.3) is 0 Å². The minimum atomic E-state index is -0.150. The van der Waals surface area contributed by atoms with E-state index >= 15 is 0 Å². The van der Waals surface area contributed by atoms with Crippen molar-refractivity contribution in [3.8, 4) is 0 Å². The summed E-state index contributed by atoms with van der Waals surface area (Å²) in [5.74, 6) is 1.05. The number of aryl methyl sites for hydroxylation is 1. The van der Waals surface area contributed by atoms with Crippen molar-refractivity contribution in [2.75, 3.05) is 6.54 Å². The largest absolute Gasteiger partial charge is 0.361 e. The number of hydrogen-bond donors (Lipinski definition) is 1. The zero-order chi connectivity index (χ0) is 11.5. The lowest BCUT2D eigenvalue weighted by molar-refractivity contribution is 0.0938. The van der Waals surface area contributed by atoms with Gasteiger partial charge in [-0.3, -0.25) is 4.79 Å². The Balaban J connectivity index is 1.84. The number of amides is 1. The molecular formula is C11H15BrN2O2. The molecule has 4 nitrogen and oxygen atoms in total. The van der Waals surface area contributed by atoms with E-state index in [1.54, 1.807) is 13.0 Å². The number of hydrogen-bond acceptors (Lipinski definition) is 3. The van der Waals surface area contributed by atoms with Crippen LogP contribution in [-0.4, -0.2) is 22.4 Å². The van der Waals surface area contributed by atoms with Gasteiger partial charge in [0.15, 0.2) is 5.69 Å². The summed E-state index contributed by atoms with van der Waals surface area (Å²) in [5, 5.41) is 6.57. The van der Waals surface area contributed by atoms with Crippen LogP contribution < -0.4 is 5.32 Å². The normalized spacial score (nSPS) is 24.6. The SMILES string of the molecule is Cc1cc(C(=O)NCC2CCCC2Br)no1. The minimum Gasteiger partial charge on any atom is -0.361 e. The van der Waals surface area contributed by atoms with E-state index in [4.69, 9.17) is 4.52 Å². The van der Waals surface area contributed by atoms with Crippen molar-refractivity contribution in [1.82, 2.24) is 10.5 Å². The maximum absolute atomic E-state index is 11.7. The first-order valence-corrected chi connectivity index (χ1v) is 6.44. The monoisotopic (exact) mass is 286 g/mol. The van der Waals surface area contributed by atoms with E-state index in [-0.39, 0.29) is 5.91 Å². The molecule has 1 fully saturated rings. The molecule has 0 aromatic carbocycles. The number of rotatable bonds is 3. The lowest BCUT2D eigenvalue weighted by Crippen LogP contribution is -2.31. The molecule has 5 heteroatoms. The van der Waals surface area contributed by atoms with Gasteiger partial charge in [-0.2, -0.15) is 0 Å². The molecule has 1 aliphatic rings. The molecule has 1 saturated carbocycles. The van der Waals surface area contributed by atoms with Gasteiger partial charge in [-0.1, -0.05) is 27.5 Å². The molecule has 2 rings (SSSR count). The van der Waals surface area contributed by atoms with E-state index in [0.29, 0.717) is 28.7 Å². The van der Waals surface area contributed by atoms with Crippen molar-refractivity contribution in [3.05, 3.63) is 17.5 Å². The fourth-order valence-corrected chi connectivity index (χ4v) is 2.78. The summed E-state index contributed by atoms with van der Waals surface area (Å²) in [6.45, 7) is 2.48. The summed E-state index contributed by atoms with van der Waals surface area (Å²) in [6.07, 6.45) is 3.61. The van der Waals surface area contributed by atoms with Crippen LogP contribution in [0.5, 0.6) is 0 Å². The summed E-state index contributed by atoms with van der Waals surface area (Å²) >= 11 is 3.63. The van der Waals surface area contributed by atoms with E-state index in [1.165, 1.54) is 19.3 Å². The van der Waals surface area contributed by atoms with Gasteiger partial charge in [-0.25, -0.2) is 0 Å². The zero-order valence-corrected chi connectivity index (χ0v) is 10.8. The second kappa shape index (κ2) is 4.99. The number of nitrogens with one attached hydrogen (secondary N) is 1. The highest BCUT2D eigenvalue weighted by Gasteiger charge is 2.25. The van der Waals surface area contributed by atoms with Crippen LogP contribution in [0.1, 0.15) is 35.5 Å². The fraction of sp³-hybridized carbons (Fsp3) is 0.636. The third-order valence-electron chi connectivity index (χ3n) is 2.95. The maximum Gasteiger partial charge on any atom is 0.273 e. The summed E-state index contributed by atoms with van der Waals surface area (Å²) in [7, 11) is 0. The van der Waals surface area contributed by atoms with E-state index in [1.807, 2.05) is 0 Å². The smallest absolute Gasteiger partial charge is 0.273 e. The van der Waals surface area contributed by atoms with Crippen LogP contribution in [0, 0.1) is 12.8 Å². The number of carbonyl (C=O) groups is 1. The number of nitrogens with zero attached hydrogens (tertiary/aromatic N) is 1. The van der Waals surface area contributed by atoms with Crippen LogP contribution in [0.15, 0.2) is 10.6 Å². The molecule has 0 spiro atoms. The summed E-state index contributed by atoms with van der Waals surface area (Å²) in [4.78, 5) is 12.2. The summed E-state index contributed by atoms with van der Waals surface area (Å²) in [6, 6.07) is 1.65. The van der Waals surface area contributed by atoms with Crippen LogP contribution in [0.2, 0.25) is 0 Å². The summed E-state index contributed by atoms with van der Waals surface area (Å²) < 4.78 is 4.86. The van der Waals surface area contributed by atoms with Gasteiger partial charge in [0.1, 0.15) is 5.76 Å². The van der Waals surface area contributed by atoms with E-state index in [9.17, 15) is 4.79 Å². The third-order valence-corrected chi connectivity index (χ3v) is 4.16. The van der Waals surface area contributed by atoms with Gasteiger partial charge in [-0.05, 0) is 25.7 Å². The number of halogens is 1. The Morgan fingerprint density at radius 2 is 2.50 bits per heavy atom. The van der Waals surface area contributed by atoms with E-state index in [2.05, 4.69) is 26.4 Å². The molecule has 88 valence electrons. The van der Waals surface area contributed by atoms with Gasteiger partial charge >= 0.3 is 0 Å². The van der Waals surface area contributed by atoms with Crippen LogP contribution in [0.3, 0.4) is 0 Å². The molecule has 0 radical (unpaired) electrons. The van der Waals surface area contributed by atoms with Gasteiger partial charge in [-0.15, -0.1) is 0 Å². The van der Waals surface area contributed by atoms with Gasteiger partial charge in [0, 0.05) is 17.4 Å². The highest BCUT2D eigenvalue weighted by atomic mass is 79.9. The highest BCUT2D eigenvalue weighted by molar-refractivity contribution is 9.09. The molecule has 1 heterocycles. The van der Waals surface area contributed by atoms with Crippen LogP contribution >= 0.6 is 15.9 Å². The van der Waals surface area contributed by atoms with E-state index < -0.39 is 0 Å². The molecule has 0 saturated heterocycles. The van der Waals surface area contributed by atoms with Gasteiger partial charge < -0.3 is 9.84 Å². The molecule has 16 heavy (non-hydrogen) atoms. The second-order valence-electron chi connectivity index (χ2n) is 4.24. The predicted molar refractivity (Wildman–Crippen MR) is 63.6 cm³/mol. The Bertz CT molecular complexity index is 378. The van der Waals surface area contributed by atoms with Crippen LogP contribution in [-0.2, 0) is 0 Å². The van der Waals surface area contributed by atoms with Crippen molar-refractivity contribution in [1.29, 1.82) is 0 Å². The molecular weight excluding hydrogens is 272 g/mol. The Hall–Kier alpha value is -0.840. The quantitative estimate of drug-likeness (QED) is 0.868. The third kappa shape index (κ3) is 2.64. The summed E-state index contributed by atoms with van der Waals surface area (Å²) in [5.41, 5.74) is 0.363. The Kier molecular flexibility index (Phi) is 3.63. The lowest BCUT2D eigenvalue weighted by Gasteiger charge is -2.13. The van der Waals surface area contributed by atoms with E-state index in [0.717, 1.165) is 0 Å².